The molecule has 2 aromatic rings. The highest BCUT2D eigenvalue weighted by Gasteiger charge is 2.25. The van der Waals surface area contributed by atoms with Crippen molar-refractivity contribution >= 4 is 22.4 Å². The van der Waals surface area contributed by atoms with Gasteiger partial charge in [-0.2, -0.15) is 0 Å². The minimum Gasteiger partial charge on any atom is -0.354 e. The van der Waals surface area contributed by atoms with Crippen LogP contribution in [0.3, 0.4) is 0 Å². The van der Waals surface area contributed by atoms with Crippen LogP contribution in [0.15, 0.2) is 48.1 Å². The van der Waals surface area contributed by atoms with Gasteiger partial charge in [-0.3, -0.25) is 4.79 Å². The van der Waals surface area contributed by atoms with E-state index >= 15 is 0 Å². The first-order chi connectivity index (χ1) is 16.7. The molecule has 0 spiro atoms. The van der Waals surface area contributed by atoms with E-state index in [0.717, 1.165) is 32.4 Å². The van der Waals surface area contributed by atoms with Crippen molar-refractivity contribution in [2.45, 2.75) is 72.6 Å². The van der Waals surface area contributed by atoms with Crippen molar-refractivity contribution in [2.24, 2.45) is 5.92 Å². The molecular formula is C31H45N3O. The van der Waals surface area contributed by atoms with E-state index in [9.17, 15) is 4.79 Å². The summed E-state index contributed by atoms with van der Waals surface area (Å²) in [6.45, 7) is 19.7. The van der Waals surface area contributed by atoms with Gasteiger partial charge in [-0.25, -0.2) is 0 Å². The molecule has 0 bridgehead atoms. The number of carbonyl (C=O) groups is 1. The molecule has 4 heteroatoms. The van der Waals surface area contributed by atoms with Crippen molar-refractivity contribution in [3.63, 3.8) is 0 Å². The zero-order valence-corrected chi connectivity index (χ0v) is 22.9. The normalized spacial score (nSPS) is 17.1. The predicted molar refractivity (Wildman–Crippen MR) is 151 cm³/mol. The predicted octanol–water partition coefficient (Wildman–Crippen LogP) is 7.17. The standard InChI is InChI=1S/C31H45N3O/c1-9-21(5)23(7)17-26(22(6)10-2)31-30(20(3)4)27-18-25(11-12-28(27)33-31)24-13-15-34(16-14-24)29(35)19-32-8/h10-12,17-18,20-21,24,32-33H,2,9,13-16,19H2,1,3-8H3/b23-17-,26-22+. The number of likely N-dealkylation sites (tertiary alicyclic amines) is 1. The van der Waals surface area contributed by atoms with E-state index in [1.807, 2.05) is 18.0 Å². The number of rotatable bonds is 9. The molecule has 1 unspecified atom stereocenters. The number of H-pyrrole nitrogens is 1. The number of aromatic amines is 1. The lowest BCUT2D eigenvalue weighted by Gasteiger charge is -2.32. The number of likely N-dealkylation sites (N-methyl/N-ethyl adjacent to an activating group) is 1. The molecule has 1 aromatic heterocycles. The van der Waals surface area contributed by atoms with Gasteiger partial charge in [0.25, 0.3) is 0 Å². The van der Waals surface area contributed by atoms with Gasteiger partial charge in [0.15, 0.2) is 0 Å². The second-order valence-corrected chi connectivity index (χ2v) is 10.6. The maximum absolute atomic E-state index is 12.3. The lowest BCUT2D eigenvalue weighted by atomic mass is 9.87. The van der Waals surface area contributed by atoms with Crippen LogP contribution in [0.4, 0.5) is 0 Å². The average Bonchev–Trinajstić information content (AvgIpc) is 3.25. The highest BCUT2D eigenvalue weighted by molar-refractivity contribution is 5.93. The minimum absolute atomic E-state index is 0.205. The third-order valence-electron chi connectivity index (χ3n) is 7.85. The van der Waals surface area contributed by atoms with Gasteiger partial charge >= 0.3 is 0 Å². The molecule has 4 nitrogen and oxygen atoms in total. The van der Waals surface area contributed by atoms with Crippen molar-refractivity contribution in [1.29, 1.82) is 0 Å². The van der Waals surface area contributed by atoms with Crippen LogP contribution < -0.4 is 5.32 Å². The summed E-state index contributed by atoms with van der Waals surface area (Å²) < 4.78 is 0. The molecule has 1 aliphatic rings. The van der Waals surface area contributed by atoms with Crippen LogP contribution in [-0.4, -0.2) is 42.5 Å². The van der Waals surface area contributed by atoms with Crippen LogP contribution in [0.1, 0.15) is 89.5 Å². The number of fused-ring (bicyclic) bond motifs is 1. The number of hydrogen-bond donors (Lipinski definition) is 2. The van der Waals surface area contributed by atoms with E-state index in [1.54, 1.807) is 0 Å². The fourth-order valence-corrected chi connectivity index (χ4v) is 5.21. The Kier molecular flexibility index (Phi) is 9.18. The highest BCUT2D eigenvalue weighted by Crippen LogP contribution is 2.38. The van der Waals surface area contributed by atoms with Crippen molar-refractivity contribution in [2.75, 3.05) is 26.7 Å². The van der Waals surface area contributed by atoms with Crippen LogP contribution >= 0.6 is 0 Å². The lowest BCUT2D eigenvalue weighted by Crippen LogP contribution is -2.41. The molecule has 1 atom stereocenters. The first-order valence-electron chi connectivity index (χ1n) is 13.3. The number of nitrogens with one attached hydrogen (secondary N) is 2. The Labute approximate surface area is 212 Å². The van der Waals surface area contributed by atoms with Crippen LogP contribution in [-0.2, 0) is 4.79 Å². The van der Waals surface area contributed by atoms with E-state index in [-0.39, 0.29) is 5.91 Å². The molecule has 0 aliphatic carbocycles. The summed E-state index contributed by atoms with van der Waals surface area (Å²) in [6, 6.07) is 6.95. The Hall–Kier alpha value is -2.59. The fraction of sp³-hybridized carbons (Fsp3) is 0.516. The van der Waals surface area contributed by atoms with Gasteiger partial charge in [-0.05, 0) is 86.7 Å². The molecule has 2 heterocycles. The SMILES string of the molecule is C=C/C(C)=C(\C=C(\C)C(C)CC)c1[nH]c2ccc(C3CCN(C(=O)CNC)CC3)cc2c1C(C)C. The van der Waals surface area contributed by atoms with Gasteiger partial charge in [0.2, 0.25) is 5.91 Å². The third kappa shape index (κ3) is 5.98. The number of benzene rings is 1. The molecule has 35 heavy (non-hydrogen) atoms. The van der Waals surface area contributed by atoms with Crippen molar-refractivity contribution in [3.05, 3.63) is 64.9 Å². The highest BCUT2D eigenvalue weighted by atomic mass is 16.2. The monoisotopic (exact) mass is 475 g/mol. The van der Waals surface area contributed by atoms with Gasteiger partial charge in [-0.1, -0.05) is 58.1 Å². The summed E-state index contributed by atoms with van der Waals surface area (Å²) >= 11 is 0. The first kappa shape index (κ1) is 27.0. The lowest BCUT2D eigenvalue weighted by molar-refractivity contribution is -0.131. The number of piperidine rings is 1. The summed E-state index contributed by atoms with van der Waals surface area (Å²) in [4.78, 5) is 18.0. The average molecular weight is 476 g/mol. The fourth-order valence-electron chi connectivity index (χ4n) is 5.21. The Morgan fingerprint density at radius 2 is 1.91 bits per heavy atom. The van der Waals surface area contributed by atoms with E-state index < -0.39 is 0 Å². The molecule has 0 radical (unpaired) electrons. The molecule has 1 saturated heterocycles. The minimum atomic E-state index is 0.205. The molecule has 1 aliphatic heterocycles. The second kappa shape index (κ2) is 11.9. The molecule has 2 N–H and O–H groups in total. The smallest absolute Gasteiger partial charge is 0.236 e. The maximum atomic E-state index is 12.3. The topological polar surface area (TPSA) is 48.1 Å². The summed E-state index contributed by atoms with van der Waals surface area (Å²) in [7, 11) is 1.83. The van der Waals surface area contributed by atoms with Crippen LogP contribution in [0.5, 0.6) is 0 Å². The number of amides is 1. The Bertz CT molecular complexity index is 1110. The summed E-state index contributed by atoms with van der Waals surface area (Å²) in [5.74, 6) is 1.64. The van der Waals surface area contributed by atoms with Crippen molar-refractivity contribution in [3.8, 4) is 0 Å². The largest absolute Gasteiger partial charge is 0.354 e. The molecule has 1 aromatic carbocycles. The molecule has 1 amide bonds. The summed E-state index contributed by atoms with van der Waals surface area (Å²) in [5, 5.41) is 4.30. The molecule has 3 rings (SSSR count). The maximum Gasteiger partial charge on any atom is 0.236 e. The van der Waals surface area contributed by atoms with E-state index in [2.05, 4.69) is 82.7 Å². The molecule has 0 saturated carbocycles. The third-order valence-corrected chi connectivity index (χ3v) is 7.85. The summed E-state index contributed by atoms with van der Waals surface area (Å²) in [6.07, 6.45) is 7.51. The van der Waals surface area contributed by atoms with Gasteiger partial charge in [0.05, 0.1) is 12.2 Å². The second-order valence-electron chi connectivity index (χ2n) is 10.6. The van der Waals surface area contributed by atoms with E-state index in [1.165, 1.54) is 44.4 Å². The Balaban J connectivity index is 2.01. The van der Waals surface area contributed by atoms with Gasteiger partial charge in [-0.15, -0.1) is 0 Å². The molecule has 190 valence electrons. The van der Waals surface area contributed by atoms with Crippen molar-refractivity contribution in [1.82, 2.24) is 15.2 Å². The number of nitrogens with zero attached hydrogens (tertiary/aromatic N) is 1. The molecule has 1 fully saturated rings. The van der Waals surface area contributed by atoms with Crippen LogP contribution in [0.25, 0.3) is 16.5 Å². The quantitative estimate of drug-likeness (QED) is 0.378. The van der Waals surface area contributed by atoms with Crippen LogP contribution in [0, 0.1) is 5.92 Å². The molecular weight excluding hydrogens is 430 g/mol. The number of carbonyl (C=O) groups excluding carboxylic acids is 1. The van der Waals surface area contributed by atoms with Gasteiger partial charge in [0, 0.05) is 29.6 Å². The number of allylic oxidation sites excluding steroid dienone is 5. The van der Waals surface area contributed by atoms with E-state index in [0.29, 0.717) is 24.3 Å². The van der Waals surface area contributed by atoms with Gasteiger partial charge < -0.3 is 15.2 Å². The number of hydrogen-bond acceptors (Lipinski definition) is 2. The van der Waals surface area contributed by atoms with Gasteiger partial charge in [0.1, 0.15) is 0 Å². The number of aromatic nitrogens is 1. The zero-order chi connectivity index (χ0) is 25.7. The first-order valence-corrected chi connectivity index (χ1v) is 13.3. The van der Waals surface area contributed by atoms with Crippen molar-refractivity contribution < 1.29 is 4.79 Å². The zero-order valence-electron chi connectivity index (χ0n) is 22.9. The Morgan fingerprint density at radius 1 is 1.23 bits per heavy atom. The summed E-state index contributed by atoms with van der Waals surface area (Å²) in [5.41, 5.74) is 9.03. The van der Waals surface area contributed by atoms with E-state index in [4.69, 9.17) is 0 Å². The van der Waals surface area contributed by atoms with Crippen LogP contribution in [0.2, 0.25) is 0 Å². The Morgan fingerprint density at radius 3 is 2.49 bits per heavy atom.